The highest BCUT2D eigenvalue weighted by atomic mass is 32.2. The van der Waals surface area contributed by atoms with Crippen LogP contribution >= 0.6 is 0 Å². The van der Waals surface area contributed by atoms with Gasteiger partial charge < -0.3 is 5.73 Å². The molecule has 0 amide bonds. The maximum absolute atomic E-state index is 12.9. The summed E-state index contributed by atoms with van der Waals surface area (Å²) in [6.07, 6.45) is 3.02. The highest BCUT2D eigenvalue weighted by Gasteiger charge is 2.33. The first kappa shape index (κ1) is 16.5. The number of nitrogens with two attached hydrogens (primary N) is 1. The zero-order valence-electron chi connectivity index (χ0n) is 13.2. The normalized spacial score (nSPS) is 18.3. The molecule has 2 rings (SSSR count). The Morgan fingerprint density at radius 3 is 2.43 bits per heavy atom. The third kappa shape index (κ3) is 3.14. The molecule has 0 aromatic carbocycles. The van der Waals surface area contributed by atoms with E-state index in [1.165, 1.54) is 0 Å². The van der Waals surface area contributed by atoms with Crippen molar-refractivity contribution < 1.29 is 8.42 Å². The van der Waals surface area contributed by atoms with E-state index >= 15 is 0 Å². The first-order valence-electron chi connectivity index (χ1n) is 7.66. The van der Waals surface area contributed by atoms with Crippen molar-refractivity contribution in [2.75, 3.05) is 19.6 Å². The number of hydrogen-bond donors (Lipinski definition) is 1. The van der Waals surface area contributed by atoms with Gasteiger partial charge in [0, 0.05) is 19.6 Å². The zero-order chi connectivity index (χ0) is 15.6. The molecule has 2 N–H and O–H groups in total. The second kappa shape index (κ2) is 6.46. The van der Waals surface area contributed by atoms with Crippen molar-refractivity contribution in [3.63, 3.8) is 0 Å². The van der Waals surface area contributed by atoms with Crippen LogP contribution in [-0.4, -0.2) is 42.1 Å². The van der Waals surface area contributed by atoms with E-state index in [0.29, 0.717) is 48.4 Å². The van der Waals surface area contributed by atoms with E-state index in [1.807, 2.05) is 0 Å². The van der Waals surface area contributed by atoms with Crippen LogP contribution in [0.4, 0.5) is 0 Å². The Morgan fingerprint density at radius 1 is 1.29 bits per heavy atom. The van der Waals surface area contributed by atoms with E-state index < -0.39 is 10.0 Å². The molecule has 0 spiro atoms. The molecule has 1 aliphatic heterocycles. The second-order valence-corrected chi connectivity index (χ2v) is 7.64. The fourth-order valence-electron chi connectivity index (χ4n) is 3.08. The SMILES string of the molecule is CCC1CCN(S(=O)(=O)c2c(C)nn(CCN)c2C)CC1. The average molecular weight is 314 g/mol. The molecule has 21 heavy (non-hydrogen) atoms. The first-order valence-corrected chi connectivity index (χ1v) is 9.10. The predicted molar refractivity (Wildman–Crippen MR) is 82.5 cm³/mol. The summed E-state index contributed by atoms with van der Waals surface area (Å²) in [6.45, 7) is 7.94. The van der Waals surface area contributed by atoms with Crippen LogP contribution in [0.25, 0.3) is 0 Å². The van der Waals surface area contributed by atoms with Crippen molar-refractivity contribution in [1.29, 1.82) is 0 Å². The van der Waals surface area contributed by atoms with Gasteiger partial charge in [-0.25, -0.2) is 8.42 Å². The van der Waals surface area contributed by atoms with Crippen LogP contribution in [-0.2, 0) is 16.6 Å². The van der Waals surface area contributed by atoms with Crippen molar-refractivity contribution in [3.8, 4) is 0 Å². The Morgan fingerprint density at radius 2 is 1.90 bits per heavy atom. The van der Waals surface area contributed by atoms with Crippen molar-refractivity contribution in [2.45, 2.75) is 51.5 Å². The Balaban J connectivity index is 2.28. The molecule has 1 saturated heterocycles. The van der Waals surface area contributed by atoms with Gasteiger partial charge in [-0.05, 0) is 32.6 Å². The maximum Gasteiger partial charge on any atom is 0.246 e. The minimum atomic E-state index is -3.44. The molecule has 0 atom stereocenters. The molecule has 2 heterocycles. The van der Waals surface area contributed by atoms with Crippen molar-refractivity contribution in [2.24, 2.45) is 11.7 Å². The van der Waals surface area contributed by atoms with Gasteiger partial charge in [0.1, 0.15) is 4.90 Å². The molecule has 0 radical (unpaired) electrons. The molecule has 1 fully saturated rings. The molecule has 1 aliphatic rings. The van der Waals surface area contributed by atoms with Gasteiger partial charge in [0.05, 0.1) is 17.9 Å². The van der Waals surface area contributed by atoms with Crippen LogP contribution in [0.3, 0.4) is 0 Å². The lowest BCUT2D eigenvalue weighted by Gasteiger charge is -2.30. The number of nitrogens with zero attached hydrogens (tertiary/aromatic N) is 3. The molecule has 1 aromatic rings. The molecular weight excluding hydrogens is 288 g/mol. The molecule has 0 saturated carbocycles. The van der Waals surface area contributed by atoms with Gasteiger partial charge in [-0.2, -0.15) is 9.40 Å². The van der Waals surface area contributed by atoms with Gasteiger partial charge in [0.25, 0.3) is 0 Å². The van der Waals surface area contributed by atoms with Gasteiger partial charge in [-0.3, -0.25) is 4.68 Å². The van der Waals surface area contributed by atoms with Crippen LogP contribution < -0.4 is 5.73 Å². The minimum Gasteiger partial charge on any atom is -0.329 e. The summed E-state index contributed by atoms with van der Waals surface area (Å²) in [5.74, 6) is 0.651. The molecule has 0 bridgehead atoms. The second-order valence-electron chi connectivity index (χ2n) is 5.77. The predicted octanol–water partition coefficient (Wildman–Crippen LogP) is 1.27. The molecule has 6 nitrogen and oxygen atoms in total. The number of piperidine rings is 1. The number of sulfonamides is 1. The largest absolute Gasteiger partial charge is 0.329 e. The third-order valence-corrected chi connectivity index (χ3v) is 6.56. The van der Waals surface area contributed by atoms with Crippen LogP contribution in [0.15, 0.2) is 4.90 Å². The van der Waals surface area contributed by atoms with Crippen LogP contribution in [0.1, 0.15) is 37.6 Å². The van der Waals surface area contributed by atoms with Gasteiger partial charge in [-0.15, -0.1) is 0 Å². The van der Waals surface area contributed by atoms with E-state index in [4.69, 9.17) is 5.73 Å². The van der Waals surface area contributed by atoms with E-state index in [2.05, 4.69) is 12.0 Å². The number of aromatic nitrogens is 2. The smallest absolute Gasteiger partial charge is 0.246 e. The first-order chi connectivity index (χ1) is 9.91. The van der Waals surface area contributed by atoms with Crippen LogP contribution in [0.5, 0.6) is 0 Å². The maximum atomic E-state index is 12.9. The lowest BCUT2D eigenvalue weighted by molar-refractivity contribution is 0.269. The monoisotopic (exact) mass is 314 g/mol. The Kier molecular flexibility index (Phi) is 5.06. The van der Waals surface area contributed by atoms with Gasteiger partial charge in [0.15, 0.2) is 0 Å². The number of rotatable bonds is 5. The Bertz CT molecular complexity index is 586. The summed E-state index contributed by atoms with van der Waals surface area (Å²) in [5, 5.41) is 4.32. The van der Waals surface area contributed by atoms with Crippen molar-refractivity contribution >= 4 is 10.0 Å². The lowest BCUT2D eigenvalue weighted by atomic mass is 9.96. The third-order valence-electron chi connectivity index (χ3n) is 4.40. The summed E-state index contributed by atoms with van der Waals surface area (Å²) in [7, 11) is -3.44. The minimum absolute atomic E-state index is 0.367. The summed E-state index contributed by atoms with van der Waals surface area (Å²) >= 11 is 0. The Hall–Kier alpha value is -0.920. The Labute approximate surface area is 127 Å². The highest BCUT2D eigenvalue weighted by Crippen LogP contribution is 2.28. The number of aryl methyl sites for hydroxylation is 1. The lowest BCUT2D eigenvalue weighted by Crippen LogP contribution is -2.38. The van der Waals surface area contributed by atoms with E-state index in [1.54, 1.807) is 22.8 Å². The summed E-state index contributed by atoms with van der Waals surface area (Å²) in [5.41, 5.74) is 6.81. The summed E-state index contributed by atoms with van der Waals surface area (Å²) in [4.78, 5) is 0.367. The molecular formula is C14H26N4O2S. The fraction of sp³-hybridized carbons (Fsp3) is 0.786. The summed E-state index contributed by atoms with van der Waals surface area (Å²) < 4.78 is 29.1. The average Bonchev–Trinajstić information content (AvgIpc) is 2.74. The topological polar surface area (TPSA) is 81.2 Å². The molecule has 0 unspecified atom stereocenters. The van der Waals surface area contributed by atoms with Crippen LogP contribution in [0, 0.1) is 19.8 Å². The van der Waals surface area contributed by atoms with Gasteiger partial charge in [-0.1, -0.05) is 13.3 Å². The van der Waals surface area contributed by atoms with Gasteiger partial charge >= 0.3 is 0 Å². The molecule has 7 heteroatoms. The van der Waals surface area contributed by atoms with Crippen LogP contribution in [0.2, 0.25) is 0 Å². The van der Waals surface area contributed by atoms with E-state index in [0.717, 1.165) is 19.3 Å². The molecule has 1 aromatic heterocycles. The molecule has 120 valence electrons. The zero-order valence-corrected chi connectivity index (χ0v) is 14.0. The highest BCUT2D eigenvalue weighted by molar-refractivity contribution is 7.89. The fourth-order valence-corrected chi connectivity index (χ4v) is 4.92. The van der Waals surface area contributed by atoms with Crippen molar-refractivity contribution in [3.05, 3.63) is 11.4 Å². The van der Waals surface area contributed by atoms with Crippen molar-refractivity contribution in [1.82, 2.24) is 14.1 Å². The van der Waals surface area contributed by atoms with E-state index in [9.17, 15) is 8.42 Å². The summed E-state index contributed by atoms with van der Waals surface area (Å²) in [6, 6.07) is 0. The quantitative estimate of drug-likeness (QED) is 0.887. The standard InChI is InChI=1S/C14H26N4O2S/c1-4-13-5-8-17(9-6-13)21(19,20)14-11(2)16-18(10-7-15)12(14)3/h13H,4-10,15H2,1-3H3. The van der Waals surface area contributed by atoms with E-state index in [-0.39, 0.29) is 0 Å². The molecule has 0 aliphatic carbocycles. The van der Waals surface area contributed by atoms with Gasteiger partial charge in [0.2, 0.25) is 10.0 Å². The number of hydrogen-bond acceptors (Lipinski definition) is 4.